The van der Waals surface area contributed by atoms with Crippen LogP contribution in [-0.4, -0.2) is 30.7 Å². The SMILES string of the molecule is COc1ccc2[nH]c(-c3ccccc3)c(CCNC(=O)C(F)(F)F)c2c1. The van der Waals surface area contributed by atoms with E-state index >= 15 is 0 Å². The third kappa shape index (κ3) is 3.66. The Bertz CT molecular complexity index is 918. The summed E-state index contributed by atoms with van der Waals surface area (Å²) in [6.07, 6.45) is -4.63. The number of methoxy groups -OCH3 is 1. The summed E-state index contributed by atoms with van der Waals surface area (Å²) in [6.45, 7) is -0.123. The van der Waals surface area contributed by atoms with Crippen molar-refractivity contribution in [1.29, 1.82) is 0 Å². The maximum Gasteiger partial charge on any atom is 0.471 e. The van der Waals surface area contributed by atoms with Crippen LogP contribution in [0.15, 0.2) is 48.5 Å². The predicted octanol–water partition coefficient (Wildman–Crippen LogP) is 4.06. The van der Waals surface area contributed by atoms with Crippen LogP contribution in [0.1, 0.15) is 5.56 Å². The van der Waals surface area contributed by atoms with Crippen molar-refractivity contribution >= 4 is 16.8 Å². The lowest BCUT2D eigenvalue weighted by Crippen LogP contribution is -2.37. The molecule has 0 atom stereocenters. The molecular formula is C19H17F3N2O2. The van der Waals surface area contributed by atoms with Crippen LogP contribution in [0.2, 0.25) is 0 Å². The van der Waals surface area contributed by atoms with Gasteiger partial charge in [-0.15, -0.1) is 0 Å². The van der Waals surface area contributed by atoms with Crippen molar-refractivity contribution in [2.75, 3.05) is 13.7 Å². The number of hydrogen-bond acceptors (Lipinski definition) is 2. The van der Waals surface area contributed by atoms with Crippen LogP contribution in [0.5, 0.6) is 5.75 Å². The molecule has 136 valence electrons. The second kappa shape index (κ2) is 7.11. The molecule has 0 radical (unpaired) electrons. The molecule has 2 aromatic carbocycles. The topological polar surface area (TPSA) is 54.1 Å². The fourth-order valence-electron chi connectivity index (χ4n) is 2.87. The number of ether oxygens (including phenoxy) is 1. The third-order valence-corrected chi connectivity index (χ3v) is 4.09. The highest BCUT2D eigenvalue weighted by molar-refractivity contribution is 5.92. The Kier molecular flexibility index (Phi) is 4.88. The number of rotatable bonds is 5. The number of aromatic nitrogens is 1. The Hall–Kier alpha value is -2.96. The van der Waals surface area contributed by atoms with Crippen molar-refractivity contribution in [1.82, 2.24) is 10.3 Å². The van der Waals surface area contributed by atoms with E-state index in [4.69, 9.17) is 4.74 Å². The molecule has 0 spiro atoms. The molecule has 0 saturated carbocycles. The van der Waals surface area contributed by atoms with Gasteiger partial charge in [-0.3, -0.25) is 4.79 Å². The van der Waals surface area contributed by atoms with E-state index in [0.717, 1.165) is 27.7 Å². The molecule has 2 N–H and O–H groups in total. The van der Waals surface area contributed by atoms with Gasteiger partial charge in [-0.1, -0.05) is 30.3 Å². The molecule has 0 bridgehead atoms. The Labute approximate surface area is 148 Å². The smallest absolute Gasteiger partial charge is 0.471 e. The van der Waals surface area contributed by atoms with E-state index in [1.807, 2.05) is 53.8 Å². The molecular weight excluding hydrogens is 345 g/mol. The predicted molar refractivity (Wildman–Crippen MR) is 93.1 cm³/mol. The molecule has 1 aromatic heterocycles. The largest absolute Gasteiger partial charge is 0.497 e. The maximum atomic E-state index is 12.4. The summed E-state index contributed by atoms with van der Waals surface area (Å²) in [5.74, 6) is -1.28. The molecule has 0 unspecified atom stereocenters. The number of amides is 1. The van der Waals surface area contributed by atoms with Gasteiger partial charge in [-0.05, 0) is 35.7 Å². The average molecular weight is 362 g/mol. The standard InChI is InChI=1S/C19H17F3N2O2/c1-26-13-7-8-16-15(11-13)14(9-10-23-18(25)19(20,21)22)17(24-16)12-5-3-2-4-6-12/h2-8,11,24H,9-10H2,1H3,(H,23,25). The molecule has 4 nitrogen and oxygen atoms in total. The first-order chi connectivity index (χ1) is 12.4. The number of fused-ring (bicyclic) bond motifs is 1. The van der Waals surface area contributed by atoms with Crippen molar-refractivity contribution in [3.8, 4) is 17.0 Å². The van der Waals surface area contributed by atoms with E-state index in [-0.39, 0.29) is 13.0 Å². The van der Waals surface area contributed by atoms with Gasteiger partial charge in [0.15, 0.2) is 0 Å². The zero-order valence-corrected chi connectivity index (χ0v) is 14.0. The zero-order chi connectivity index (χ0) is 18.7. The fraction of sp³-hybridized carbons (Fsp3) is 0.211. The lowest BCUT2D eigenvalue weighted by atomic mass is 10.0. The summed E-state index contributed by atoms with van der Waals surface area (Å²) in [7, 11) is 1.55. The summed E-state index contributed by atoms with van der Waals surface area (Å²) in [6, 6.07) is 15.0. The van der Waals surface area contributed by atoms with E-state index < -0.39 is 12.1 Å². The minimum absolute atomic E-state index is 0.123. The van der Waals surface area contributed by atoms with Gasteiger partial charge in [0.2, 0.25) is 0 Å². The van der Waals surface area contributed by atoms with Gasteiger partial charge in [0, 0.05) is 23.1 Å². The summed E-state index contributed by atoms with van der Waals surface area (Å²) in [4.78, 5) is 14.4. The van der Waals surface area contributed by atoms with Gasteiger partial charge in [-0.2, -0.15) is 13.2 Å². The Balaban J connectivity index is 1.96. The molecule has 1 heterocycles. The molecule has 1 amide bonds. The Morgan fingerprint density at radius 1 is 1.15 bits per heavy atom. The number of carbonyl (C=O) groups excluding carboxylic acids is 1. The number of alkyl halides is 3. The summed E-state index contributed by atoms with van der Waals surface area (Å²) < 4.78 is 42.4. The number of benzene rings is 2. The molecule has 7 heteroatoms. The molecule has 0 aliphatic carbocycles. The second-order valence-corrected chi connectivity index (χ2v) is 5.76. The fourth-order valence-corrected chi connectivity index (χ4v) is 2.87. The normalized spacial score (nSPS) is 11.5. The summed E-state index contributed by atoms with van der Waals surface area (Å²) in [5, 5.41) is 2.78. The lowest BCUT2D eigenvalue weighted by Gasteiger charge is -2.09. The quantitative estimate of drug-likeness (QED) is 0.719. The highest BCUT2D eigenvalue weighted by Gasteiger charge is 2.38. The van der Waals surface area contributed by atoms with Crippen LogP contribution in [0.4, 0.5) is 13.2 Å². The van der Waals surface area contributed by atoms with Crippen LogP contribution < -0.4 is 10.1 Å². The number of hydrogen-bond donors (Lipinski definition) is 2. The molecule has 26 heavy (non-hydrogen) atoms. The first-order valence-electron chi connectivity index (χ1n) is 7.99. The van der Waals surface area contributed by atoms with Gasteiger partial charge < -0.3 is 15.0 Å². The van der Waals surface area contributed by atoms with Crippen molar-refractivity contribution in [2.24, 2.45) is 0 Å². The molecule has 0 aliphatic heterocycles. The Morgan fingerprint density at radius 3 is 2.54 bits per heavy atom. The van der Waals surface area contributed by atoms with Gasteiger partial charge in [-0.25, -0.2) is 0 Å². The molecule has 0 fully saturated rings. The van der Waals surface area contributed by atoms with Crippen molar-refractivity contribution < 1.29 is 22.7 Å². The summed E-state index contributed by atoms with van der Waals surface area (Å²) in [5.41, 5.74) is 3.41. The van der Waals surface area contributed by atoms with Crippen LogP contribution in [0.25, 0.3) is 22.2 Å². The first-order valence-corrected chi connectivity index (χ1v) is 7.99. The lowest BCUT2D eigenvalue weighted by molar-refractivity contribution is -0.173. The number of aromatic amines is 1. The van der Waals surface area contributed by atoms with E-state index in [1.54, 1.807) is 7.11 Å². The molecule has 3 aromatic rings. The van der Waals surface area contributed by atoms with Crippen molar-refractivity contribution in [3.63, 3.8) is 0 Å². The monoisotopic (exact) mass is 362 g/mol. The minimum atomic E-state index is -4.88. The van der Waals surface area contributed by atoms with Gasteiger partial charge >= 0.3 is 12.1 Å². The van der Waals surface area contributed by atoms with Crippen molar-refractivity contribution in [2.45, 2.75) is 12.6 Å². The molecule has 0 aliphatic rings. The minimum Gasteiger partial charge on any atom is -0.497 e. The van der Waals surface area contributed by atoms with E-state index in [0.29, 0.717) is 5.75 Å². The maximum absolute atomic E-state index is 12.4. The van der Waals surface area contributed by atoms with Crippen LogP contribution in [-0.2, 0) is 11.2 Å². The number of halogens is 3. The van der Waals surface area contributed by atoms with Crippen molar-refractivity contribution in [3.05, 3.63) is 54.1 Å². The van der Waals surface area contributed by atoms with E-state index in [9.17, 15) is 18.0 Å². The highest BCUT2D eigenvalue weighted by Crippen LogP contribution is 2.32. The van der Waals surface area contributed by atoms with Gasteiger partial charge in [0.25, 0.3) is 0 Å². The number of nitrogens with one attached hydrogen (secondary N) is 2. The third-order valence-electron chi connectivity index (χ3n) is 4.09. The number of H-pyrrole nitrogens is 1. The van der Waals surface area contributed by atoms with E-state index in [1.165, 1.54) is 0 Å². The molecule has 3 rings (SSSR count). The first kappa shape index (κ1) is 17.8. The van der Waals surface area contributed by atoms with E-state index in [2.05, 4.69) is 4.98 Å². The highest BCUT2D eigenvalue weighted by atomic mass is 19.4. The molecule has 0 saturated heterocycles. The van der Waals surface area contributed by atoms with Gasteiger partial charge in [0.1, 0.15) is 5.75 Å². The number of carbonyl (C=O) groups is 1. The zero-order valence-electron chi connectivity index (χ0n) is 14.0. The second-order valence-electron chi connectivity index (χ2n) is 5.76. The van der Waals surface area contributed by atoms with Gasteiger partial charge in [0.05, 0.1) is 7.11 Å². The average Bonchev–Trinajstić information content (AvgIpc) is 2.99. The summed E-state index contributed by atoms with van der Waals surface area (Å²) >= 11 is 0. The Morgan fingerprint density at radius 2 is 1.88 bits per heavy atom. The van der Waals surface area contributed by atoms with Crippen LogP contribution in [0.3, 0.4) is 0 Å². The van der Waals surface area contributed by atoms with Crippen LogP contribution in [0, 0.1) is 0 Å². The van der Waals surface area contributed by atoms with Crippen LogP contribution >= 0.6 is 0 Å².